The third kappa shape index (κ3) is 7.95. The van der Waals surface area contributed by atoms with Crippen molar-refractivity contribution in [3.05, 3.63) is 80.3 Å². The number of aromatic nitrogens is 6. The van der Waals surface area contributed by atoms with Crippen LogP contribution in [0.25, 0.3) is 20.4 Å². The monoisotopic (exact) mass is 839 g/mol. The number of pyridine rings is 2. The smallest absolute Gasteiger partial charge is 0.390 e. The number of halogens is 3. The van der Waals surface area contributed by atoms with Crippen molar-refractivity contribution in [1.82, 2.24) is 34.8 Å². The summed E-state index contributed by atoms with van der Waals surface area (Å²) in [6, 6.07) is 3.91. The minimum Gasteiger partial charge on any atom is -0.481 e. The Kier molecular flexibility index (Phi) is 10.2. The van der Waals surface area contributed by atoms with Gasteiger partial charge in [-0.2, -0.15) is 13.2 Å². The highest BCUT2D eigenvalue weighted by molar-refractivity contribution is 7.19. The molecule has 4 aliphatic rings. The van der Waals surface area contributed by atoms with Crippen LogP contribution in [0.15, 0.2) is 47.2 Å². The Morgan fingerprint density at radius 3 is 1.80 bits per heavy atom. The summed E-state index contributed by atoms with van der Waals surface area (Å²) in [5.41, 5.74) is 6.58. The number of aliphatic imine (C=N–C) groups is 2. The van der Waals surface area contributed by atoms with Gasteiger partial charge in [0.05, 0.1) is 36.2 Å². The van der Waals surface area contributed by atoms with Crippen molar-refractivity contribution >= 4 is 90.7 Å². The van der Waals surface area contributed by atoms with Crippen LogP contribution >= 0.6 is 22.7 Å². The van der Waals surface area contributed by atoms with Crippen LogP contribution in [0.2, 0.25) is 0 Å². The van der Waals surface area contributed by atoms with E-state index in [2.05, 4.69) is 50.5 Å². The fourth-order valence-corrected chi connectivity index (χ4v) is 10.4. The van der Waals surface area contributed by atoms with E-state index < -0.39 is 18.6 Å². The van der Waals surface area contributed by atoms with Crippen molar-refractivity contribution in [2.24, 2.45) is 21.8 Å². The first-order valence-electron chi connectivity index (χ1n) is 19.0. The van der Waals surface area contributed by atoms with Gasteiger partial charge in [0, 0.05) is 76.3 Å². The fourth-order valence-electron chi connectivity index (χ4n) is 7.92. The van der Waals surface area contributed by atoms with Crippen molar-refractivity contribution in [3.63, 3.8) is 0 Å². The molecule has 0 spiro atoms. The Morgan fingerprint density at radius 1 is 0.780 bits per heavy atom. The van der Waals surface area contributed by atoms with Gasteiger partial charge >= 0.3 is 12.1 Å². The summed E-state index contributed by atoms with van der Waals surface area (Å²) in [5.74, 6) is 1.17. The number of nitrogens with zero attached hydrogens (tertiary/aromatic N) is 9. The van der Waals surface area contributed by atoms with Crippen LogP contribution in [0.3, 0.4) is 0 Å². The van der Waals surface area contributed by atoms with Gasteiger partial charge in [-0.15, -0.1) is 22.7 Å². The van der Waals surface area contributed by atoms with Gasteiger partial charge in [0.15, 0.2) is 0 Å². The number of carbonyl (C=O) groups excluding carboxylic acids is 1. The number of aliphatic carboxylic acids is 1. The molecule has 14 nitrogen and oxygen atoms in total. The molecular formula is C40H36F3N11O3S2. The van der Waals surface area contributed by atoms with Crippen LogP contribution in [0.5, 0.6) is 0 Å². The number of nitrogens with one attached hydrogen (secondary N) is 2. The van der Waals surface area contributed by atoms with Gasteiger partial charge in [-0.25, -0.2) is 29.9 Å². The zero-order valence-electron chi connectivity index (χ0n) is 31.6. The third-order valence-corrected chi connectivity index (χ3v) is 13.3. The first-order valence-corrected chi connectivity index (χ1v) is 20.7. The molecule has 6 aromatic rings. The molecule has 2 aliphatic carbocycles. The topological polar surface area (TPSA) is 184 Å². The van der Waals surface area contributed by atoms with Gasteiger partial charge < -0.3 is 20.6 Å². The molecule has 0 saturated carbocycles. The molecule has 0 fully saturated rings. The number of carboxylic acid groups (broad SMARTS) is 1. The van der Waals surface area contributed by atoms with Crippen molar-refractivity contribution in [1.29, 1.82) is 0 Å². The summed E-state index contributed by atoms with van der Waals surface area (Å²) in [7, 11) is 1.44. The largest absolute Gasteiger partial charge is 0.481 e. The molecule has 0 saturated heterocycles. The number of hydrogen-bond donors (Lipinski definition) is 3. The van der Waals surface area contributed by atoms with Gasteiger partial charge in [0.25, 0.3) is 0 Å². The number of aryl methyl sites for hydroxylation is 2. The lowest BCUT2D eigenvalue weighted by molar-refractivity contribution is -0.146. The average molecular weight is 840 g/mol. The number of fused-ring (bicyclic) bond motifs is 8. The average Bonchev–Trinajstić information content (AvgIpc) is 4.03. The van der Waals surface area contributed by atoms with Crippen LogP contribution in [0, 0.1) is 11.8 Å². The maximum absolute atomic E-state index is 12.7. The van der Waals surface area contributed by atoms with Crippen LogP contribution in [0.1, 0.15) is 62.4 Å². The van der Waals surface area contributed by atoms with Crippen LogP contribution in [0.4, 0.5) is 36.4 Å². The van der Waals surface area contributed by atoms with E-state index in [1.165, 1.54) is 41.5 Å². The molecule has 0 aromatic carbocycles. The van der Waals surface area contributed by atoms with Crippen molar-refractivity contribution < 1.29 is 27.9 Å². The van der Waals surface area contributed by atoms with Gasteiger partial charge in [0.1, 0.15) is 45.6 Å². The number of carbonyl (C=O) groups is 2. The Bertz CT molecular complexity index is 2700. The molecule has 59 heavy (non-hydrogen) atoms. The minimum absolute atomic E-state index is 0.240. The number of anilines is 4. The number of hydrogen-bond acceptors (Lipinski definition) is 14. The number of carboxylic acids is 1. The first kappa shape index (κ1) is 38.6. The number of alkyl halides is 3. The molecule has 8 heterocycles. The number of rotatable bonds is 8. The van der Waals surface area contributed by atoms with Crippen LogP contribution < -0.4 is 10.6 Å². The second kappa shape index (κ2) is 15.7. The van der Waals surface area contributed by atoms with E-state index >= 15 is 0 Å². The Hall–Kier alpha value is -5.95. The molecule has 0 bridgehead atoms. The molecule has 3 N–H and O–H groups in total. The highest BCUT2D eigenvalue weighted by Gasteiger charge is 2.33. The minimum atomic E-state index is -4.28. The highest BCUT2D eigenvalue weighted by Crippen LogP contribution is 2.42. The van der Waals surface area contributed by atoms with Gasteiger partial charge in [0.2, 0.25) is 5.91 Å². The normalized spacial score (nSPS) is 17.5. The molecule has 1 amide bonds. The van der Waals surface area contributed by atoms with E-state index in [4.69, 9.17) is 0 Å². The standard InChI is InChI=1S/C22H21F3N6OS.C18H15N5O2S/c1-31(5-4-22(23,24)25)21(32)12-2-3-15-16(6-12)33-20-18(15)19(28-11-29-20)30-17-7-13-8-26-9-14(13)10-27-17;24-18(25)9-1-2-12-13(3-9)26-17-15(12)16(21-8-22-17)23-14-4-10-5-19-6-11(10)7-20-14/h7-8,10-12H,2-6,9H2,1H3,(H,27,28,29,30);4-5,7-9H,1-3,6H2,(H,24,25)(H,20,21,22,23)/t12-;9-/m00/s1. The lowest BCUT2D eigenvalue weighted by Crippen LogP contribution is -2.37. The summed E-state index contributed by atoms with van der Waals surface area (Å²) < 4.78 is 37.6. The zero-order valence-corrected chi connectivity index (χ0v) is 33.2. The van der Waals surface area contributed by atoms with Gasteiger partial charge in [-0.3, -0.25) is 19.6 Å². The SMILES string of the molecule is CN(CCC(F)(F)F)C(=O)[C@H]1CCc2c(sc3ncnc(Nc4cc5c(cn4)CN=C5)c23)C1.O=C(O)[C@H]1CCc2c(sc3ncnc(Nc4cc5c(cn4)CN=C5)c23)C1. The van der Waals surface area contributed by atoms with Crippen LogP contribution in [-0.4, -0.2) is 84.0 Å². The lowest BCUT2D eigenvalue weighted by atomic mass is 9.87. The molecule has 0 unspecified atom stereocenters. The zero-order chi connectivity index (χ0) is 40.8. The Morgan fingerprint density at radius 2 is 1.29 bits per heavy atom. The maximum atomic E-state index is 12.7. The fraction of sp³-hybridized carbons (Fsp3) is 0.350. The molecule has 0 radical (unpaired) electrons. The number of thiophene rings is 2. The van der Waals surface area contributed by atoms with Gasteiger partial charge in [-0.05, 0) is 61.8 Å². The molecule has 19 heteroatoms. The first-order chi connectivity index (χ1) is 28.5. The number of amides is 1. The predicted octanol–water partition coefficient (Wildman–Crippen LogP) is 7.23. The quantitative estimate of drug-likeness (QED) is 0.141. The third-order valence-electron chi connectivity index (χ3n) is 11.0. The van der Waals surface area contributed by atoms with Crippen molar-refractivity contribution in [2.45, 2.75) is 64.2 Å². The molecule has 302 valence electrons. The summed E-state index contributed by atoms with van der Waals surface area (Å²) in [6.07, 6.45) is 8.76. The van der Waals surface area contributed by atoms with E-state index in [-0.39, 0.29) is 24.3 Å². The maximum Gasteiger partial charge on any atom is 0.390 e. The lowest BCUT2D eigenvalue weighted by Gasteiger charge is -2.27. The summed E-state index contributed by atoms with van der Waals surface area (Å²) in [4.78, 5) is 64.2. The van der Waals surface area contributed by atoms with E-state index in [1.807, 2.05) is 30.8 Å². The molecule has 10 rings (SSSR count). The van der Waals surface area contributed by atoms with E-state index in [9.17, 15) is 27.9 Å². The van der Waals surface area contributed by atoms with E-state index in [0.717, 1.165) is 76.1 Å². The van der Waals surface area contributed by atoms with E-state index in [0.29, 0.717) is 56.8 Å². The molecule has 6 aromatic heterocycles. The van der Waals surface area contributed by atoms with Crippen molar-refractivity contribution in [2.75, 3.05) is 24.2 Å². The van der Waals surface area contributed by atoms with Gasteiger partial charge in [-0.1, -0.05) is 0 Å². The second-order valence-electron chi connectivity index (χ2n) is 14.9. The Labute approximate surface area is 342 Å². The van der Waals surface area contributed by atoms with E-state index in [1.54, 1.807) is 17.5 Å². The predicted molar refractivity (Wildman–Crippen MR) is 219 cm³/mol. The molecular weight excluding hydrogens is 804 g/mol. The molecule has 2 atom stereocenters. The van der Waals surface area contributed by atoms with Crippen molar-refractivity contribution in [3.8, 4) is 0 Å². The summed E-state index contributed by atoms with van der Waals surface area (Å²) >= 11 is 3.08. The molecule has 2 aliphatic heterocycles. The Balaban J connectivity index is 0.000000156. The summed E-state index contributed by atoms with van der Waals surface area (Å²) in [5, 5.41) is 17.8. The summed E-state index contributed by atoms with van der Waals surface area (Å²) in [6.45, 7) is 1.00. The highest BCUT2D eigenvalue weighted by atomic mass is 32.1. The second-order valence-corrected chi connectivity index (χ2v) is 17.0. The van der Waals surface area contributed by atoms with Crippen LogP contribution in [-0.2, 0) is 48.4 Å².